The fourth-order valence-corrected chi connectivity index (χ4v) is 2.25. The van der Waals surface area contributed by atoms with Crippen molar-refractivity contribution in [3.05, 3.63) is 23.8 Å². The summed E-state index contributed by atoms with van der Waals surface area (Å²) in [7, 11) is -4.19. The molecule has 0 fully saturated rings. The summed E-state index contributed by atoms with van der Waals surface area (Å²) >= 11 is 0. The molecule has 0 saturated heterocycles. The Bertz CT molecular complexity index is 454. The van der Waals surface area contributed by atoms with Crippen molar-refractivity contribution in [2.75, 3.05) is 5.73 Å². The number of hydrogen-bond acceptors (Lipinski definition) is 3. The van der Waals surface area contributed by atoms with E-state index in [9.17, 15) is 8.42 Å². The minimum atomic E-state index is -4.19. The summed E-state index contributed by atoms with van der Waals surface area (Å²) in [5, 5.41) is 0. The van der Waals surface area contributed by atoms with Crippen molar-refractivity contribution in [2.24, 2.45) is 0 Å². The molecule has 84 valence electrons. The van der Waals surface area contributed by atoms with Gasteiger partial charge in [-0.2, -0.15) is 8.42 Å². The Kier molecular flexibility index (Phi) is 3.36. The van der Waals surface area contributed by atoms with Crippen molar-refractivity contribution in [3.63, 3.8) is 0 Å². The summed E-state index contributed by atoms with van der Waals surface area (Å²) < 4.78 is 31.3. The fourth-order valence-electron chi connectivity index (χ4n) is 1.40. The van der Waals surface area contributed by atoms with Gasteiger partial charge in [0.05, 0.1) is 4.90 Å². The molecule has 1 atom stereocenters. The first kappa shape index (κ1) is 12.0. The summed E-state index contributed by atoms with van der Waals surface area (Å²) in [5.74, 6) is 0.0718. The van der Waals surface area contributed by atoms with Gasteiger partial charge in [-0.15, -0.1) is 0 Å². The maximum atomic E-state index is 11.1. The van der Waals surface area contributed by atoms with Gasteiger partial charge in [0.1, 0.15) is 0 Å². The topological polar surface area (TPSA) is 80.4 Å². The van der Waals surface area contributed by atoms with Crippen LogP contribution in [0.4, 0.5) is 5.69 Å². The van der Waals surface area contributed by atoms with Gasteiger partial charge in [-0.05, 0) is 30.0 Å². The predicted octanol–water partition coefficient (Wildman–Crippen LogP) is 2.03. The Morgan fingerprint density at radius 2 is 2.07 bits per heavy atom. The molecule has 3 N–H and O–H groups in total. The molecule has 0 bridgehead atoms. The molecular formula is C10H15NO3S. The number of nitrogen functional groups attached to an aromatic ring is 1. The third-order valence-electron chi connectivity index (χ3n) is 2.46. The third-order valence-corrected chi connectivity index (χ3v) is 3.37. The molecule has 0 aliphatic heterocycles. The molecule has 4 nitrogen and oxygen atoms in total. The second-order valence-corrected chi connectivity index (χ2v) is 4.97. The van der Waals surface area contributed by atoms with Crippen molar-refractivity contribution in [3.8, 4) is 0 Å². The van der Waals surface area contributed by atoms with Gasteiger partial charge in [0.25, 0.3) is 10.1 Å². The van der Waals surface area contributed by atoms with E-state index in [1.807, 2.05) is 13.8 Å². The molecule has 15 heavy (non-hydrogen) atoms. The van der Waals surface area contributed by atoms with Gasteiger partial charge in [0.2, 0.25) is 0 Å². The summed E-state index contributed by atoms with van der Waals surface area (Å²) in [6.45, 7) is 3.86. The molecule has 0 radical (unpaired) electrons. The number of rotatable bonds is 3. The Balaban J connectivity index is 3.40. The van der Waals surface area contributed by atoms with Crippen LogP contribution in [-0.2, 0) is 10.1 Å². The highest BCUT2D eigenvalue weighted by Crippen LogP contribution is 2.27. The summed E-state index contributed by atoms with van der Waals surface area (Å²) in [6.07, 6.45) is 0.798. The van der Waals surface area contributed by atoms with Crippen LogP contribution in [0.2, 0.25) is 0 Å². The van der Waals surface area contributed by atoms with Crippen molar-refractivity contribution in [1.82, 2.24) is 0 Å². The highest BCUT2D eigenvalue weighted by molar-refractivity contribution is 7.85. The predicted molar refractivity (Wildman–Crippen MR) is 59.4 cm³/mol. The molecular weight excluding hydrogens is 214 g/mol. The highest BCUT2D eigenvalue weighted by Gasteiger charge is 2.18. The van der Waals surface area contributed by atoms with Crippen molar-refractivity contribution in [2.45, 2.75) is 31.1 Å². The maximum Gasteiger partial charge on any atom is 0.294 e. The lowest BCUT2D eigenvalue weighted by atomic mass is 9.98. The lowest BCUT2D eigenvalue weighted by molar-refractivity contribution is 0.481. The van der Waals surface area contributed by atoms with E-state index in [0.717, 1.165) is 6.42 Å². The van der Waals surface area contributed by atoms with E-state index in [1.165, 1.54) is 6.07 Å². The van der Waals surface area contributed by atoms with E-state index >= 15 is 0 Å². The Morgan fingerprint density at radius 1 is 1.47 bits per heavy atom. The molecule has 1 unspecified atom stereocenters. The van der Waals surface area contributed by atoms with Gasteiger partial charge in [0.15, 0.2) is 0 Å². The zero-order chi connectivity index (χ0) is 11.6. The molecule has 0 heterocycles. The van der Waals surface area contributed by atoms with Crippen LogP contribution in [0.1, 0.15) is 31.7 Å². The van der Waals surface area contributed by atoms with Gasteiger partial charge in [-0.1, -0.05) is 19.9 Å². The van der Waals surface area contributed by atoms with Crippen LogP contribution < -0.4 is 5.73 Å². The van der Waals surface area contributed by atoms with Crippen LogP contribution in [0.25, 0.3) is 0 Å². The van der Waals surface area contributed by atoms with Gasteiger partial charge in [-0.3, -0.25) is 4.55 Å². The van der Waals surface area contributed by atoms with Crippen molar-refractivity contribution in [1.29, 1.82) is 0 Å². The minimum absolute atomic E-state index is 0.0718. The quantitative estimate of drug-likeness (QED) is 0.614. The van der Waals surface area contributed by atoms with Crippen LogP contribution in [0.15, 0.2) is 23.1 Å². The monoisotopic (exact) mass is 229 g/mol. The van der Waals surface area contributed by atoms with E-state index in [0.29, 0.717) is 11.3 Å². The molecule has 1 rings (SSSR count). The van der Waals surface area contributed by atoms with Crippen LogP contribution in [0.5, 0.6) is 0 Å². The number of benzene rings is 1. The van der Waals surface area contributed by atoms with Gasteiger partial charge < -0.3 is 5.73 Å². The maximum absolute atomic E-state index is 11.1. The zero-order valence-electron chi connectivity index (χ0n) is 8.77. The van der Waals surface area contributed by atoms with Crippen LogP contribution in [-0.4, -0.2) is 13.0 Å². The van der Waals surface area contributed by atoms with Gasteiger partial charge >= 0.3 is 0 Å². The number of nitrogens with two attached hydrogens (primary N) is 1. The highest BCUT2D eigenvalue weighted by atomic mass is 32.2. The fraction of sp³-hybridized carbons (Fsp3) is 0.400. The van der Waals surface area contributed by atoms with E-state index in [-0.39, 0.29) is 10.8 Å². The summed E-state index contributed by atoms with van der Waals surface area (Å²) in [5.41, 5.74) is 6.42. The second kappa shape index (κ2) is 4.20. The van der Waals surface area contributed by atoms with E-state index < -0.39 is 10.1 Å². The SMILES string of the molecule is CCC(C)c1ccc(N)cc1S(=O)(=O)O. The molecule has 0 spiro atoms. The lowest BCUT2D eigenvalue weighted by Crippen LogP contribution is -2.06. The van der Waals surface area contributed by atoms with E-state index in [2.05, 4.69) is 0 Å². The third kappa shape index (κ3) is 2.70. The first-order valence-electron chi connectivity index (χ1n) is 4.73. The molecule has 0 aliphatic carbocycles. The standard InChI is InChI=1S/C10H15NO3S/c1-3-7(2)9-5-4-8(11)6-10(9)15(12,13)14/h4-7H,3,11H2,1-2H3,(H,12,13,14). The number of anilines is 1. The van der Waals surface area contributed by atoms with Crippen LogP contribution >= 0.6 is 0 Å². The molecule has 0 amide bonds. The van der Waals surface area contributed by atoms with E-state index in [4.69, 9.17) is 10.3 Å². The molecule has 0 aliphatic rings. The summed E-state index contributed by atoms with van der Waals surface area (Å²) in [6, 6.07) is 4.57. The molecule has 1 aromatic carbocycles. The average molecular weight is 229 g/mol. The molecule has 0 saturated carbocycles. The first-order valence-corrected chi connectivity index (χ1v) is 6.17. The molecule has 1 aromatic rings. The normalized spacial score (nSPS) is 13.8. The van der Waals surface area contributed by atoms with Crippen LogP contribution in [0.3, 0.4) is 0 Å². The molecule has 0 aromatic heterocycles. The number of hydrogen-bond donors (Lipinski definition) is 2. The Hall–Kier alpha value is -1.07. The molecule has 5 heteroatoms. The smallest absolute Gasteiger partial charge is 0.294 e. The Morgan fingerprint density at radius 3 is 2.53 bits per heavy atom. The second-order valence-electron chi connectivity index (χ2n) is 3.58. The lowest BCUT2D eigenvalue weighted by Gasteiger charge is -2.13. The van der Waals surface area contributed by atoms with Gasteiger partial charge in [-0.25, -0.2) is 0 Å². The first-order chi connectivity index (χ1) is 6.86. The minimum Gasteiger partial charge on any atom is -0.399 e. The van der Waals surface area contributed by atoms with E-state index in [1.54, 1.807) is 12.1 Å². The largest absolute Gasteiger partial charge is 0.399 e. The van der Waals surface area contributed by atoms with Crippen molar-refractivity contribution < 1.29 is 13.0 Å². The zero-order valence-corrected chi connectivity index (χ0v) is 9.58. The van der Waals surface area contributed by atoms with Crippen LogP contribution in [0, 0.1) is 0 Å². The van der Waals surface area contributed by atoms with Gasteiger partial charge in [0, 0.05) is 5.69 Å². The summed E-state index contributed by atoms with van der Waals surface area (Å²) in [4.78, 5) is -0.0862. The Labute approximate surface area is 89.9 Å². The van der Waals surface area contributed by atoms with Crippen molar-refractivity contribution >= 4 is 15.8 Å². The average Bonchev–Trinajstić information content (AvgIpc) is 2.15.